The average Bonchev–Trinajstić information content (AvgIpc) is 2.15. The van der Waals surface area contributed by atoms with Crippen molar-refractivity contribution in [2.24, 2.45) is 0 Å². The summed E-state index contributed by atoms with van der Waals surface area (Å²) in [6.45, 7) is 8.35. The molecule has 1 aromatic rings. The van der Waals surface area contributed by atoms with Crippen molar-refractivity contribution in [2.45, 2.75) is 34.2 Å². The predicted molar refractivity (Wildman–Crippen MR) is 54.7 cm³/mol. The molecular formula is C9H17N3O. The van der Waals surface area contributed by atoms with Crippen LogP contribution in [0.5, 0.6) is 0 Å². The van der Waals surface area contributed by atoms with Crippen molar-refractivity contribution in [3.63, 3.8) is 0 Å². The lowest BCUT2D eigenvalue weighted by atomic mass is 10.3. The Bertz CT molecular complexity index is 317. The molecule has 13 heavy (non-hydrogen) atoms. The van der Waals surface area contributed by atoms with Crippen LogP contribution in [-0.4, -0.2) is 9.55 Å². The van der Waals surface area contributed by atoms with Crippen LogP contribution < -0.4 is 11.4 Å². The van der Waals surface area contributed by atoms with Gasteiger partial charge in [0.1, 0.15) is 5.82 Å². The largest absolute Gasteiger partial charge is 0.383 e. The molecule has 0 saturated carbocycles. The molecule has 1 rings (SSSR count). The zero-order valence-electron chi connectivity index (χ0n) is 8.66. The standard InChI is InChI=1S/C7H11N3O.C2H6/c1-3-10-4-5(2)6(8)9-7(10)11;1-2/h4H,3H2,1-2H3,(H2,8,9,11);1-2H3. The van der Waals surface area contributed by atoms with Crippen LogP contribution in [0.15, 0.2) is 11.0 Å². The quantitative estimate of drug-likeness (QED) is 0.711. The predicted octanol–water partition coefficient (Wildman–Crippen LogP) is 1.18. The summed E-state index contributed by atoms with van der Waals surface area (Å²) in [5, 5.41) is 0. The first-order valence-electron chi connectivity index (χ1n) is 4.48. The van der Waals surface area contributed by atoms with Crippen LogP contribution in [0.4, 0.5) is 5.82 Å². The number of nitrogen functional groups attached to an aromatic ring is 1. The van der Waals surface area contributed by atoms with Crippen LogP contribution in [0, 0.1) is 6.92 Å². The molecule has 4 heteroatoms. The van der Waals surface area contributed by atoms with Gasteiger partial charge in [0.25, 0.3) is 0 Å². The lowest BCUT2D eigenvalue weighted by Crippen LogP contribution is -2.23. The Morgan fingerprint density at radius 3 is 2.54 bits per heavy atom. The second-order valence-corrected chi connectivity index (χ2v) is 2.38. The summed E-state index contributed by atoms with van der Waals surface area (Å²) in [5.41, 5.74) is 5.98. The van der Waals surface area contributed by atoms with E-state index in [9.17, 15) is 4.79 Å². The van der Waals surface area contributed by atoms with Crippen molar-refractivity contribution in [3.05, 3.63) is 22.2 Å². The smallest absolute Gasteiger partial charge is 0.349 e. The molecule has 0 unspecified atom stereocenters. The van der Waals surface area contributed by atoms with Gasteiger partial charge in [-0.25, -0.2) is 4.79 Å². The number of rotatable bonds is 1. The highest BCUT2D eigenvalue weighted by Crippen LogP contribution is 2.00. The van der Waals surface area contributed by atoms with E-state index in [4.69, 9.17) is 5.73 Å². The number of nitrogens with two attached hydrogens (primary N) is 1. The number of hydrogen-bond acceptors (Lipinski definition) is 3. The van der Waals surface area contributed by atoms with Gasteiger partial charge < -0.3 is 5.73 Å². The van der Waals surface area contributed by atoms with Crippen LogP contribution in [-0.2, 0) is 6.54 Å². The van der Waals surface area contributed by atoms with Crippen LogP contribution >= 0.6 is 0 Å². The minimum Gasteiger partial charge on any atom is -0.383 e. The van der Waals surface area contributed by atoms with Gasteiger partial charge >= 0.3 is 5.69 Å². The van der Waals surface area contributed by atoms with Crippen molar-refractivity contribution in [3.8, 4) is 0 Å². The molecule has 0 aliphatic carbocycles. The van der Waals surface area contributed by atoms with E-state index < -0.39 is 0 Å². The lowest BCUT2D eigenvalue weighted by molar-refractivity contribution is 0.696. The van der Waals surface area contributed by atoms with Crippen molar-refractivity contribution >= 4 is 5.82 Å². The van der Waals surface area contributed by atoms with Gasteiger partial charge in [0.2, 0.25) is 0 Å². The Morgan fingerprint density at radius 2 is 2.08 bits per heavy atom. The Labute approximate surface area is 78.4 Å². The monoisotopic (exact) mass is 183 g/mol. The summed E-state index contributed by atoms with van der Waals surface area (Å²) in [6, 6.07) is 0. The molecule has 0 aromatic carbocycles. The number of hydrogen-bond donors (Lipinski definition) is 1. The summed E-state index contributed by atoms with van der Waals surface area (Å²) in [6.07, 6.45) is 1.71. The van der Waals surface area contributed by atoms with Gasteiger partial charge in [-0.1, -0.05) is 13.8 Å². The van der Waals surface area contributed by atoms with Gasteiger partial charge in [-0.3, -0.25) is 4.57 Å². The summed E-state index contributed by atoms with van der Waals surface area (Å²) >= 11 is 0. The van der Waals surface area contributed by atoms with E-state index >= 15 is 0 Å². The molecule has 0 aliphatic heterocycles. The van der Waals surface area contributed by atoms with E-state index in [1.54, 1.807) is 6.20 Å². The first-order chi connectivity index (χ1) is 6.15. The zero-order chi connectivity index (χ0) is 10.4. The summed E-state index contributed by atoms with van der Waals surface area (Å²) in [5.74, 6) is 0.319. The fourth-order valence-electron chi connectivity index (χ4n) is 0.837. The maximum absolute atomic E-state index is 11.0. The Kier molecular flexibility index (Phi) is 4.80. The second kappa shape index (κ2) is 5.35. The summed E-state index contributed by atoms with van der Waals surface area (Å²) in [4.78, 5) is 14.6. The highest BCUT2D eigenvalue weighted by molar-refractivity contribution is 5.34. The molecule has 0 aliphatic rings. The Morgan fingerprint density at radius 1 is 1.54 bits per heavy atom. The van der Waals surface area contributed by atoms with Gasteiger partial charge in [-0.15, -0.1) is 0 Å². The van der Waals surface area contributed by atoms with Crippen molar-refractivity contribution in [1.29, 1.82) is 0 Å². The van der Waals surface area contributed by atoms with E-state index in [2.05, 4.69) is 4.98 Å². The third kappa shape index (κ3) is 2.89. The number of anilines is 1. The zero-order valence-corrected chi connectivity index (χ0v) is 8.66. The molecule has 0 saturated heterocycles. The van der Waals surface area contributed by atoms with Gasteiger partial charge in [-0.2, -0.15) is 4.98 Å². The van der Waals surface area contributed by atoms with E-state index in [1.165, 1.54) is 4.57 Å². The molecule has 1 heterocycles. The Balaban J connectivity index is 0.000000671. The molecule has 0 bridgehead atoms. The highest BCUT2D eigenvalue weighted by atomic mass is 16.1. The van der Waals surface area contributed by atoms with Crippen LogP contribution in [0.25, 0.3) is 0 Å². The third-order valence-corrected chi connectivity index (χ3v) is 1.56. The van der Waals surface area contributed by atoms with E-state index in [0.717, 1.165) is 5.56 Å². The fraction of sp³-hybridized carbons (Fsp3) is 0.556. The van der Waals surface area contributed by atoms with Gasteiger partial charge in [0.15, 0.2) is 0 Å². The lowest BCUT2D eigenvalue weighted by Gasteiger charge is -2.02. The van der Waals surface area contributed by atoms with E-state index in [-0.39, 0.29) is 5.69 Å². The van der Waals surface area contributed by atoms with Crippen LogP contribution in [0.2, 0.25) is 0 Å². The van der Waals surface area contributed by atoms with Crippen molar-refractivity contribution < 1.29 is 0 Å². The van der Waals surface area contributed by atoms with Crippen LogP contribution in [0.1, 0.15) is 26.3 Å². The number of nitrogens with zero attached hydrogens (tertiary/aromatic N) is 2. The minimum absolute atomic E-state index is 0.282. The van der Waals surface area contributed by atoms with Crippen molar-refractivity contribution in [1.82, 2.24) is 9.55 Å². The van der Waals surface area contributed by atoms with E-state index in [1.807, 2.05) is 27.7 Å². The van der Waals surface area contributed by atoms with Gasteiger partial charge in [0, 0.05) is 18.3 Å². The van der Waals surface area contributed by atoms with Gasteiger partial charge in [-0.05, 0) is 13.8 Å². The molecular weight excluding hydrogens is 166 g/mol. The maximum Gasteiger partial charge on any atom is 0.349 e. The summed E-state index contributed by atoms with van der Waals surface area (Å²) in [7, 11) is 0. The maximum atomic E-state index is 11.0. The molecule has 2 N–H and O–H groups in total. The molecule has 0 spiro atoms. The molecule has 0 fully saturated rings. The minimum atomic E-state index is -0.282. The topological polar surface area (TPSA) is 60.9 Å². The SMILES string of the molecule is CC.CCn1cc(C)c(N)nc1=O. The average molecular weight is 183 g/mol. The highest BCUT2D eigenvalue weighted by Gasteiger charge is 1.98. The summed E-state index contributed by atoms with van der Waals surface area (Å²) < 4.78 is 1.52. The molecule has 4 nitrogen and oxygen atoms in total. The first kappa shape index (κ1) is 11.7. The fourth-order valence-corrected chi connectivity index (χ4v) is 0.837. The molecule has 74 valence electrons. The first-order valence-corrected chi connectivity index (χ1v) is 4.48. The second-order valence-electron chi connectivity index (χ2n) is 2.38. The molecule has 0 radical (unpaired) electrons. The normalized spacial score (nSPS) is 8.92. The number of aromatic nitrogens is 2. The van der Waals surface area contributed by atoms with Crippen molar-refractivity contribution in [2.75, 3.05) is 5.73 Å². The van der Waals surface area contributed by atoms with Crippen LogP contribution in [0.3, 0.4) is 0 Å². The van der Waals surface area contributed by atoms with Gasteiger partial charge in [0.05, 0.1) is 0 Å². The Hall–Kier alpha value is -1.32. The number of aryl methyl sites for hydroxylation is 2. The third-order valence-electron chi connectivity index (χ3n) is 1.56. The molecule has 1 aromatic heterocycles. The molecule has 0 amide bonds. The van der Waals surface area contributed by atoms with E-state index in [0.29, 0.717) is 12.4 Å². The molecule has 0 atom stereocenters.